The molecule has 2 aromatic rings. The average molecular weight is 353 g/mol. The van der Waals surface area contributed by atoms with E-state index in [1.54, 1.807) is 0 Å². The van der Waals surface area contributed by atoms with Crippen molar-refractivity contribution in [2.75, 3.05) is 5.32 Å². The Labute approximate surface area is 134 Å². The highest BCUT2D eigenvalue weighted by Gasteiger charge is 2.00. The molecule has 0 aliphatic heterocycles. The van der Waals surface area contributed by atoms with Gasteiger partial charge in [-0.3, -0.25) is 0 Å². The van der Waals surface area contributed by atoms with Gasteiger partial charge in [0.15, 0.2) is 0 Å². The first-order valence-corrected chi connectivity index (χ1v) is 8.13. The number of rotatable bonds is 6. The molecule has 1 N–H and O–H groups in total. The third-order valence-electron chi connectivity index (χ3n) is 3.25. The van der Waals surface area contributed by atoms with Gasteiger partial charge in [-0.15, -0.1) is 0 Å². The summed E-state index contributed by atoms with van der Waals surface area (Å²) in [5, 5.41) is 4.17. The van der Waals surface area contributed by atoms with E-state index in [-0.39, 0.29) is 0 Å². The summed E-state index contributed by atoms with van der Waals surface area (Å²) in [7, 11) is 0. The molecule has 0 saturated heterocycles. The van der Waals surface area contributed by atoms with E-state index >= 15 is 0 Å². The highest BCUT2D eigenvalue weighted by molar-refractivity contribution is 9.10. The molecule has 3 heteroatoms. The van der Waals surface area contributed by atoms with Crippen molar-refractivity contribution in [3.8, 4) is 0 Å². The lowest BCUT2D eigenvalue weighted by Gasteiger charge is -2.08. The molecular weight excluding hydrogens is 334 g/mol. The fourth-order valence-corrected chi connectivity index (χ4v) is 2.57. The molecule has 2 rings (SSSR count). The fourth-order valence-electron chi connectivity index (χ4n) is 2.02. The Hall–Kier alpha value is -0.990. The van der Waals surface area contributed by atoms with Crippen LogP contribution >= 0.6 is 27.5 Å². The molecular formula is C17H19BrClN. The summed E-state index contributed by atoms with van der Waals surface area (Å²) in [6.07, 6.45) is 3.66. The van der Waals surface area contributed by atoms with Crippen LogP contribution in [-0.4, -0.2) is 0 Å². The molecule has 2 aromatic carbocycles. The maximum Gasteiger partial charge on any atom is 0.0548 e. The molecule has 0 unspecified atom stereocenters. The van der Waals surface area contributed by atoms with Gasteiger partial charge in [0.25, 0.3) is 0 Å². The summed E-state index contributed by atoms with van der Waals surface area (Å²) in [5.41, 5.74) is 3.76. The fraction of sp³-hybridized carbons (Fsp3) is 0.294. The van der Waals surface area contributed by atoms with Crippen LogP contribution in [-0.2, 0) is 13.0 Å². The standard InChI is InChI=1S/C17H19BrClN/c1-2-3-4-13-5-8-15(9-6-13)20-12-14-7-10-17(19)16(18)11-14/h5-11,20H,2-4,12H2,1H3. The second-order valence-corrected chi connectivity index (χ2v) is 6.16. The maximum absolute atomic E-state index is 5.99. The highest BCUT2D eigenvalue weighted by Crippen LogP contribution is 2.23. The van der Waals surface area contributed by atoms with E-state index in [9.17, 15) is 0 Å². The normalized spacial score (nSPS) is 10.6. The SMILES string of the molecule is CCCCc1ccc(NCc2ccc(Cl)c(Br)c2)cc1. The third kappa shape index (κ3) is 4.53. The van der Waals surface area contributed by atoms with Crippen LogP contribution in [0.15, 0.2) is 46.9 Å². The van der Waals surface area contributed by atoms with Gasteiger partial charge < -0.3 is 5.32 Å². The van der Waals surface area contributed by atoms with Gasteiger partial charge in [-0.25, -0.2) is 0 Å². The molecule has 0 fully saturated rings. The van der Waals surface area contributed by atoms with Crippen LogP contribution in [0.1, 0.15) is 30.9 Å². The number of nitrogens with one attached hydrogen (secondary N) is 1. The van der Waals surface area contributed by atoms with Crippen molar-refractivity contribution < 1.29 is 0 Å². The van der Waals surface area contributed by atoms with Gasteiger partial charge in [0.1, 0.15) is 0 Å². The molecule has 0 saturated carbocycles. The van der Waals surface area contributed by atoms with Gasteiger partial charge in [-0.2, -0.15) is 0 Å². The van der Waals surface area contributed by atoms with Crippen molar-refractivity contribution >= 4 is 33.2 Å². The van der Waals surface area contributed by atoms with Crippen LogP contribution < -0.4 is 5.32 Å². The summed E-state index contributed by atoms with van der Waals surface area (Å²) in [6.45, 7) is 3.02. The predicted molar refractivity (Wildman–Crippen MR) is 91.5 cm³/mol. The first kappa shape index (κ1) is 15.4. The van der Waals surface area contributed by atoms with Crippen molar-refractivity contribution in [3.05, 3.63) is 63.1 Å². The Morgan fingerprint density at radius 2 is 1.75 bits per heavy atom. The topological polar surface area (TPSA) is 12.0 Å². The Morgan fingerprint density at radius 1 is 1.05 bits per heavy atom. The van der Waals surface area contributed by atoms with Gasteiger partial charge in [0.05, 0.1) is 5.02 Å². The van der Waals surface area contributed by atoms with Gasteiger partial charge in [0, 0.05) is 16.7 Å². The number of anilines is 1. The predicted octanol–water partition coefficient (Wildman–Crippen LogP) is 6.06. The smallest absolute Gasteiger partial charge is 0.0548 e. The van der Waals surface area contributed by atoms with Crippen molar-refractivity contribution in [1.29, 1.82) is 0 Å². The minimum Gasteiger partial charge on any atom is -0.381 e. The minimum atomic E-state index is 0.744. The van der Waals surface area contributed by atoms with E-state index in [4.69, 9.17) is 11.6 Å². The van der Waals surface area contributed by atoms with Gasteiger partial charge in [-0.05, 0) is 64.2 Å². The maximum atomic E-state index is 5.99. The molecule has 0 amide bonds. The third-order valence-corrected chi connectivity index (χ3v) is 4.47. The number of benzene rings is 2. The van der Waals surface area contributed by atoms with Crippen molar-refractivity contribution in [1.82, 2.24) is 0 Å². The first-order valence-electron chi connectivity index (χ1n) is 6.96. The zero-order chi connectivity index (χ0) is 14.4. The van der Waals surface area contributed by atoms with Crippen LogP contribution in [0.5, 0.6) is 0 Å². The number of hydrogen-bond donors (Lipinski definition) is 1. The van der Waals surface area contributed by atoms with Crippen LogP contribution in [0.2, 0.25) is 5.02 Å². The Bertz CT molecular complexity index is 551. The molecule has 0 heterocycles. The zero-order valence-electron chi connectivity index (χ0n) is 11.6. The summed E-state index contributed by atoms with van der Waals surface area (Å²) in [6, 6.07) is 14.7. The van der Waals surface area contributed by atoms with Gasteiger partial charge >= 0.3 is 0 Å². The lowest BCUT2D eigenvalue weighted by molar-refractivity contribution is 0.795. The van der Waals surface area contributed by atoms with Crippen LogP contribution in [0.3, 0.4) is 0 Å². The quantitative estimate of drug-likeness (QED) is 0.666. The summed E-state index contributed by atoms with van der Waals surface area (Å²) in [4.78, 5) is 0. The van der Waals surface area contributed by atoms with Crippen LogP contribution in [0.25, 0.3) is 0 Å². The molecule has 0 spiro atoms. The molecule has 0 radical (unpaired) electrons. The van der Waals surface area contributed by atoms with Crippen LogP contribution in [0.4, 0.5) is 5.69 Å². The summed E-state index contributed by atoms with van der Waals surface area (Å²) >= 11 is 9.44. The second-order valence-electron chi connectivity index (χ2n) is 4.90. The first-order chi connectivity index (χ1) is 9.69. The van der Waals surface area contributed by atoms with E-state index in [0.29, 0.717) is 0 Å². The minimum absolute atomic E-state index is 0.744. The number of halogens is 2. The van der Waals surface area contributed by atoms with E-state index < -0.39 is 0 Å². The molecule has 0 bridgehead atoms. The van der Waals surface area contributed by atoms with E-state index in [2.05, 4.69) is 52.4 Å². The number of unbranched alkanes of at least 4 members (excludes halogenated alkanes) is 1. The average Bonchev–Trinajstić information content (AvgIpc) is 2.47. The van der Waals surface area contributed by atoms with Gasteiger partial charge in [-0.1, -0.05) is 43.1 Å². The lowest BCUT2D eigenvalue weighted by atomic mass is 10.1. The summed E-state index contributed by atoms with van der Waals surface area (Å²) in [5.74, 6) is 0. The Kier molecular flexibility index (Phi) is 5.93. The molecule has 106 valence electrons. The Balaban J connectivity index is 1.91. The molecule has 0 aliphatic carbocycles. The molecule has 20 heavy (non-hydrogen) atoms. The van der Waals surface area contributed by atoms with Crippen molar-refractivity contribution in [2.45, 2.75) is 32.7 Å². The monoisotopic (exact) mass is 351 g/mol. The Morgan fingerprint density at radius 3 is 2.40 bits per heavy atom. The largest absolute Gasteiger partial charge is 0.381 e. The highest BCUT2D eigenvalue weighted by atomic mass is 79.9. The van der Waals surface area contributed by atoms with E-state index in [1.165, 1.54) is 30.4 Å². The van der Waals surface area contributed by atoms with Crippen LogP contribution in [0, 0.1) is 0 Å². The lowest BCUT2D eigenvalue weighted by Crippen LogP contribution is -1.99. The zero-order valence-corrected chi connectivity index (χ0v) is 14.0. The van der Waals surface area contributed by atoms with E-state index in [1.807, 2.05) is 18.2 Å². The molecule has 0 aliphatic rings. The molecule has 1 nitrogen and oxygen atoms in total. The number of aryl methyl sites for hydroxylation is 1. The second kappa shape index (κ2) is 7.70. The van der Waals surface area contributed by atoms with E-state index in [0.717, 1.165) is 21.7 Å². The van der Waals surface area contributed by atoms with Gasteiger partial charge in [0.2, 0.25) is 0 Å². The van der Waals surface area contributed by atoms with Crippen molar-refractivity contribution in [3.63, 3.8) is 0 Å². The number of hydrogen-bond acceptors (Lipinski definition) is 1. The summed E-state index contributed by atoms with van der Waals surface area (Å²) < 4.78 is 0.938. The molecule has 0 atom stereocenters. The molecule has 0 aromatic heterocycles. The van der Waals surface area contributed by atoms with Crippen molar-refractivity contribution in [2.24, 2.45) is 0 Å².